The van der Waals surface area contributed by atoms with Crippen LogP contribution in [0.5, 0.6) is 11.5 Å². The number of aromatic nitrogens is 3. The van der Waals surface area contributed by atoms with Crippen LogP contribution in [0, 0.1) is 0 Å². The molecule has 1 heterocycles. The minimum absolute atomic E-state index is 0.780. The first kappa shape index (κ1) is 15.6. The first-order valence-electron chi connectivity index (χ1n) is 7.80. The SMILES string of the molecule is Brc1cccc(-c2n[nH]nc2-c2ccc(Oc3ccccc3)cc2)c1. The van der Waals surface area contributed by atoms with Crippen LogP contribution in [-0.4, -0.2) is 15.4 Å². The van der Waals surface area contributed by atoms with Gasteiger partial charge in [-0.05, 0) is 48.5 Å². The van der Waals surface area contributed by atoms with E-state index in [1.807, 2.05) is 78.9 Å². The molecule has 0 spiro atoms. The third-order valence-corrected chi connectivity index (χ3v) is 4.25. The lowest BCUT2D eigenvalue weighted by molar-refractivity contribution is 0.483. The van der Waals surface area contributed by atoms with Crippen molar-refractivity contribution in [3.8, 4) is 34.0 Å². The third kappa shape index (κ3) is 3.46. The van der Waals surface area contributed by atoms with Gasteiger partial charge in [0.05, 0.1) is 0 Å². The number of nitrogens with zero attached hydrogens (tertiary/aromatic N) is 2. The highest BCUT2D eigenvalue weighted by Crippen LogP contribution is 2.31. The molecule has 122 valence electrons. The maximum atomic E-state index is 5.83. The van der Waals surface area contributed by atoms with E-state index in [1.165, 1.54) is 0 Å². The first-order chi connectivity index (χ1) is 12.3. The summed E-state index contributed by atoms with van der Waals surface area (Å²) in [6, 6.07) is 25.5. The highest BCUT2D eigenvalue weighted by atomic mass is 79.9. The lowest BCUT2D eigenvalue weighted by Gasteiger charge is -2.06. The number of benzene rings is 3. The second kappa shape index (κ2) is 6.91. The summed E-state index contributed by atoms with van der Waals surface area (Å²) in [4.78, 5) is 0. The molecule has 0 aliphatic rings. The molecule has 1 N–H and O–H groups in total. The van der Waals surface area contributed by atoms with Crippen molar-refractivity contribution in [1.29, 1.82) is 0 Å². The van der Waals surface area contributed by atoms with E-state index >= 15 is 0 Å². The highest BCUT2D eigenvalue weighted by Gasteiger charge is 2.13. The number of rotatable bonds is 4. The lowest BCUT2D eigenvalue weighted by atomic mass is 10.1. The van der Waals surface area contributed by atoms with Gasteiger partial charge in [-0.2, -0.15) is 15.4 Å². The number of halogens is 1. The summed E-state index contributed by atoms with van der Waals surface area (Å²) in [6.07, 6.45) is 0. The van der Waals surface area contributed by atoms with Crippen LogP contribution < -0.4 is 4.74 Å². The highest BCUT2D eigenvalue weighted by molar-refractivity contribution is 9.10. The Labute approximate surface area is 153 Å². The van der Waals surface area contributed by atoms with Gasteiger partial charge < -0.3 is 4.74 Å². The molecule has 5 heteroatoms. The lowest BCUT2D eigenvalue weighted by Crippen LogP contribution is -1.86. The molecule has 4 nitrogen and oxygen atoms in total. The van der Waals surface area contributed by atoms with Crippen LogP contribution in [0.1, 0.15) is 0 Å². The van der Waals surface area contributed by atoms with Crippen molar-refractivity contribution in [2.24, 2.45) is 0 Å². The average molecular weight is 392 g/mol. The summed E-state index contributed by atoms with van der Waals surface area (Å²) < 4.78 is 6.84. The quantitative estimate of drug-likeness (QED) is 0.485. The number of hydrogen-bond donors (Lipinski definition) is 1. The Kier molecular flexibility index (Phi) is 4.31. The van der Waals surface area contributed by atoms with Gasteiger partial charge in [-0.1, -0.05) is 46.3 Å². The van der Waals surface area contributed by atoms with Gasteiger partial charge in [0.2, 0.25) is 0 Å². The van der Waals surface area contributed by atoms with Crippen molar-refractivity contribution >= 4 is 15.9 Å². The smallest absolute Gasteiger partial charge is 0.127 e. The van der Waals surface area contributed by atoms with Crippen LogP contribution in [0.2, 0.25) is 0 Å². The van der Waals surface area contributed by atoms with Crippen molar-refractivity contribution in [1.82, 2.24) is 15.4 Å². The van der Waals surface area contributed by atoms with E-state index in [2.05, 4.69) is 31.3 Å². The zero-order chi connectivity index (χ0) is 17.1. The summed E-state index contributed by atoms with van der Waals surface area (Å²) in [7, 11) is 0. The molecule has 0 radical (unpaired) electrons. The Hall–Kier alpha value is -2.92. The molecule has 1 aromatic heterocycles. The van der Waals surface area contributed by atoms with Gasteiger partial charge in [0, 0.05) is 15.6 Å². The van der Waals surface area contributed by atoms with Crippen LogP contribution in [0.4, 0.5) is 0 Å². The molecule has 3 aromatic carbocycles. The van der Waals surface area contributed by atoms with Crippen LogP contribution in [0.25, 0.3) is 22.5 Å². The Balaban J connectivity index is 1.62. The fourth-order valence-corrected chi connectivity index (χ4v) is 2.97. The van der Waals surface area contributed by atoms with E-state index < -0.39 is 0 Å². The zero-order valence-corrected chi connectivity index (χ0v) is 14.8. The van der Waals surface area contributed by atoms with Crippen molar-refractivity contribution in [2.45, 2.75) is 0 Å². The second-order valence-electron chi connectivity index (χ2n) is 5.47. The molecule has 4 rings (SSSR count). The third-order valence-electron chi connectivity index (χ3n) is 3.75. The summed E-state index contributed by atoms with van der Waals surface area (Å²) in [5.74, 6) is 1.59. The predicted octanol–water partition coefficient (Wildman–Crippen LogP) is 5.69. The maximum absolute atomic E-state index is 5.83. The number of H-pyrrole nitrogens is 1. The Morgan fingerprint density at radius 2 is 1.36 bits per heavy atom. The van der Waals surface area contributed by atoms with Gasteiger partial charge in [0.25, 0.3) is 0 Å². The number of aromatic amines is 1. The van der Waals surface area contributed by atoms with E-state index in [9.17, 15) is 0 Å². The van der Waals surface area contributed by atoms with E-state index in [0.29, 0.717) is 0 Å². The number of nitrogens with one attached hydrogen (secondary N) is 1. The van der Waals surface area contributed by atoms with Gasteiger partial charge in [-0.3, -0.25) is 0 Å². The summed E-state index contributed by atoms with van der Waals surface area (Å²) in [5, 5.41) is 11.3. The molecule has 0 fully saturated rings. The van der Waals surface area contributed by atoms with Gasteiger partial charge in [-0.25, -0.2) is 0 Å². The predicted molar refractivity (Wildman–Crippen MR) is 101 cm³/mol. The van der Waals surface area contributed by atoms with Gasteiger partial charge in [0.1, 0.15) is 22.9 Å². The average Bonchev–Trinajstić information content (AvgIpc) is 3.13. The van der Waals surface area contributed by atoms with E-state index in [4.69, 9.17) is 4.74 Å². The molecule has 25 heavy (non-hydrogen) atoms. The molecule has 0 unspecified atom stereocenters. The van der Waals surface area contributed by atoms with Crippen LogP contribution in [-0.2, 0) is 0 Å². The Bertz CT molecular complexity index is 981. The van der Waals surface area contributed by atoms with Crippen molar-refractivity contribution in [3.63, 3.8) is 0 Å². The summed E-state index contributed by atoms with van der Waals surface area (Å²) in [6.45, 7) is 0. The van der Waals surface area contributed by atoms with Gasteiger partial charge in [0.15, 0.2) is 0 Å². The monoisotopic (exact) mass is 391 g/mol. The number of hydrogen-bond acceptors (Lipinski definition) is 3. The molecule has 4 aromatic rings. The van der Waals surface area contributed by atoms with Gasteiger partial charge in [-0.15, -0.1) is 0 Å². The fraction of sp³-hybridized carbons (Fsp3) is 0. The number of para-hydroxylation sites is 1. The molecular formula is C20H14BrN3O. The van der Waals surface area contributed by atoms with Crippen LogP contribution in [0.15, 0.2) is 83.3 Å². The standard InChI is InChI=1S/C20H14BrN3O/c21-16-6-4-5-15(13-16)20-19(22-24-23-20)14-9-11-18(12-10-14)25-17-7-2-1-3-8-17/h1-13H,(H,22,23,24). The summed E-state index contributed by atoms with van der Waals surface area (Å²) in [5.41, 5.74) is 3.61. The van der Waals surface area contributed by atoms with Crippen molar-refractivity contribution in [2.75, 3.05) is 0 Å². The number of ether oxygens (including phenoxy) is 1. The van der Waals surface area contributed by atoms with E-state index in [1.54, 1.807) is 0 Å². The summed E-state index contributed by atoms with van der Waals surface area (Å²) >= 11 is 3.49. The van der Waals surface area contributed by atoms with Crippen molar-refractivity contribution in [3.05, 3.63) is 83.3 Å². The molecule has 0 atom stereocenters. The van der Waals surface area contributed by atoms with Crippen LogP contribution in [0.3, 0.4) is 0 Å². The van der Waals surface area contributed by atoms with Gasteiger partial charge >= 0.3 is 0 Å². The van der Waals surface area contributed by atoms with Crippen molar-refractivity contribution < 1.29 is 4.74 Å². The topological polar surface area (TPSA) is 50.8 Å². The van der Waals surface area contributed by atoms with E-state index in [0.717, 1.165) is 38.5 Å². The minimum Gasteiger partial charge on any atom is -0.457 e. The Morgan fingerprint density at radius 3 is 2.08 bits per heavy atom. The maximum Gasteiger partial charge on any atom is 0.127 e. The fourth-order valence-electron chi connectivity index (χ4n) is 2.57. The second-order valence-corrected chi connectivity index (χ2v) is 6.39. The molecule has 0 aliphatic heterocycles. The molecule has 0 amide bonds. The minimum atomic E-state index is 0.780. The molecule has 0 aliphatic carbocycles. The zero-order valence-electron chi connectivity index (χ0n) is 13.2. The van der Waals surface area contributed by atoms with Crippen LogP contribution >= 0.6 is 15.9 Å². The molecule has 0 saturated carbocycles. The largest absolute Gasteiger partial charge is 0.457 e. The first-order valence-corrected chi connectivity index (χ1v) is 8.59. The molecule has 0 saturated heterocycles. The van der Waals surface area contributed by atoms with E-state index in [-0.39, 0.29) is 0 Å². The Morgan fingerprint density at radius 1 is 0.680 bits per heavy atom. The normalized spacial score (nSPS) is 10.6. The molecule has 0 bridgehead atoms. The molecular weight excluding hydrogens is 378 g/mol.